The van der Waals surface area contributed by atoms with Gasteiger partial charge in [0.1, 0.15) is 0 Å². The molecule has 0 aromatic heterocycles. The van der Waals surface area contributed by atoms with E-state index in [0.29, 0.717) is 0 Å². The van der Waals surface area contributed by atoms with Crippen molar-refractivity contribution in [3.05, 3.63) is 48.6 Å². The Hall–Kier alpha value is -0.241. The van der Waals surface area contributed by atoms with E-state index in [9.17, 15) is 0 Å². The van der Waals surface area contributed by atoms with Crippen molar-refractivity contribution in [3.63, 3.8) is 0 Å². The summed E-state index contributed by atoms with van der Waals surface area (Å²) in [6, 6.07) is 0. The van der Waals surface area contributed by atoms with Gasteiger partial charge in [-0.15, -0.1) is 0 Å². The molecule has 0 heterocycles. The number of unbranched alkanes of at least 4 members (excludes halogenated alkanes) is 3. The van der Waals surface area contributed by atoms with E-state index in [2.05, 4.69) is 69.4 Å². The van der Waals surface area contributed by atoms with Crippen LogP contribution in [0.5, 0.6) is 0 Å². The van der Waals surface area contributed by atoms with Crippen molar-refractivity contribution in [1.29, 1.82) is 0 Å². The fourth-order valence-electron chi connectivity index (χ4n) is 2.44. The molecule has 0 bridgehead atoms. The molecule has 1 radical (unpaired) electrons. The van der Waals surface area contributed by atoms with Gasteiger partial charge < -0.3 is 0 Å². The van der Waals surface area contributed by atoms with Crippen LogP contribution in [0.1, 0.15) is 72.1 Å². The first-order valence-corrected chi connectivity index (χ1v) is 15.9. The van der Waals surface area contributed by atoms with Gasteiger partial charge in [0.2, 0.25) is 0 Å². The van der Waals surface area contributed by atoms with Gasteiger partial charge in [0.15, 0.2) is 0 Å². The normalized spacial score (nSPS) is 13.9. The number of hydrogen-bond donors (Lipinski definition) is 0. The zero-order valence-corrected chi connectivity index (χ0v) is 18.8. The number of allylic oxidation sites excluding steroid dienone is 8. The maximum absolute atomic E-state index is 2.33. The van der Waals surface area contributed by atoms with Crippen LogP contribution in [0.15, 0.2) is 48.6 Å². The van der Waals surface area contributed by atoms with Gasteiger partial charge in [-0.1, -0.05) is 48.6 Å². The van der Waals surface area contributed by atoms with Crippen molar-refractivity contribution in [1.82, 2.24) is 0 Å². The van der Waals surface area contributed by atoms with Gasteiger partial charge >= 0.3 is 92.4 Å². The molecule has 131 valence electrons. The van der Waals surface area contributed by atoms with Crippen molar-refractivity contribution in [2.75, 3.05) is 0 Å². The van der Waals surface area contributed by atoms with E-state index in [1.807, 2.05) is 0 Å². The van der Waals surface area contributed by atoms with E-state index in [4.69, 9.17) is 0 Å². The monoisotopic (exact) mass is 423 g/mol. The SMILES string of the molecule is C1=CCC=C1.C1=CCC=C1.CCC[CH2][Sn]([CH2]CCC)[CH2]CCC. The molecule has 2 aliphatic carbocycles. The van der Waals surface area contributed by atoms with Crippen molar-refractivity contribution in [3.8, 4) is 0 Å². The summed E-state index contributed by atoms with van der Waals surface area (Å²) in [6.07, 6.45) is 27.8. The van der Waals surface area contributed by atoms with Gasteiger partial charge in [-0.25, -0.2) is 0 Å². The van der Waals surface area contributed by atoms with E-state index in [0.717, 1.165) is 12.8 Å². The van der Waals surface area contributed by atoms with E-state index >= 15 is 0 Å². The summed E-state index contributed by atoms with van der Waals surface area (Å²) in [4.78, 5) is 0. The Labute approximate surface area is 153 Å². The van der Waals surface area contributed by atoms with Crippen LogP contribution in [0.2, 0.25) is 13.3 Å². The Balaban J connectivity index is 0.000000386. The molecule has 0 saturated carbocycles. The van der Waals surface area contributed by atoms with Gasteiger partial charge in [-0.05, 0) is 12.8 Å². The molecule has 23 heavy (non-hydrogen) atoms. The van der Waals surface area contributed by atoms with Crippen LogP contribution >= 0.6 is 0 Å². The van der Waals surface area contributed by atoms with Gasteiger partial charge in [0.05, 0.1) is 0 Å². The summed E-state index contributed by atoms with van der Waals surface area (Å²) < 4.78 is 5.04. The first-order chi connectivity index (χ1) is 11.3. The molecule has 0 saturated heterocycles. The van der Waals surface area contributed by atoms with Crippen LogP contribution in [0.25, 0.3) is 0 Å². The second-order valence-electron chi connectivity index (χ2n) is 6.24. The fourth-order valence-corrected chi connectivity index (χ4v) is 11.9. The second kappa shape index (κ2) is 19.8. The van der Waals surface area contributed by atoms with Crippen LogP contribution in [0.3, 0.4) is 0 Å². The molecule has 0 N–H and O–H groups in total. The molecule has 0 spiro atoms. The molecule has 0 nitrogen and oxygen atoms in total. The standard InChI is InChI=1S/2C5H6.3C4H9.Sn/c2*1-2-4-5-3-1;3*1-3-4-2;/h2*1-4H,5H2;3*1,3-4H2,2H3;. The second-order valence-corrected chi connectivity index (χ2v) is 14.8. The predicted molar refractivity (Wildman–Crippen MR) is 111 cm³/mol. The molecular weight excluding hydrogens is 383 g/mol. The number of hydrogen-bond acceptors (Lipinski definition) is 0. The quantitative estimate of drug-likeness (QED) is 0.332. The first kappa shape index (κ1) is 22.8. The van der Waals surface area contributed by atoms with Crippen LogP contribution in [0.4, 0.5) is 0 Å². The van der Waals surface area contributed by atoms with E-state index in [-0.39, 0.29) is 0 Å². The topological polar surface area (TPSA) is 0 Å². The molecule has 1 heteroatoms. The van der Waals surface area contributed by atoms with Crippen molar-refractivity contribution in [2.45, 2.75) is 85.4 Å². The molecule has 0 aliphatic heterocycles. The summed E-state index contributed by atoms with van der Waals surface area (Å²) in [5.41, 5.74) is 0. The molecule has 0 unspecified atom stereocenters. The summed E-state index contributed by atoms with van der Waals surface area (Å²) in [7, 11) is 0. The summed E-state index contributed by atoms with van der Waals surface area (Å²) in [5, 5.41) is 0. The Kier molecular flexibility index (Phi) is 19.6. The molecule has 0 amide bonds. The summed E-state index contributed by atoms with van der Waals surface area (Å²) in [6.45, 7) is 7.00. The number of rotatable bonds is 9. The minimum absolute atomic E-state index is 0.839. The minimum atomic E-state index is -0.839. The summed E-state index contributed by atoms with van der Waals surface area (Å²) >= 11 is -0.839. The average Bonchev–Trinajstić information content (AvgIpc) is 3.31. The molecule has 0 aromatic carbocycles. The van der Waals surface area contributed by atoms with Gasteiger partial charge in [-0.2, -0.15) is 0 Å². The van der Waals surface area contributed by atoms with Gasteiger partial charge in [0, 0.05) is 0 Å². The third kappa shape index (κ3) is 17.9. The molecule has 0 aromatic rings. The molecule has 2 aliphatic rings. The Morgan fingerprint density at radius 2 is 0.870 bits per heavy atom. The third-order valence-corrected chi connectivity index (χ3v) is 13.0. The first-order valence-electron chi connectivity index (χ1n) is 9.81. The van der Waals surface area contributed by atoms with Gasteiger partial charge in [-0.3, -0.25) is 0 Å². The Morgan fingerprint density at radius 3 is 1.04 bits per heavy atom. The third-order valence-electron chi connectivity index (χ3n) is 3.96. The molecule has 0 fully saturated rings. The predicted octanol–water partition coefficient (Wildman–Crippen LogP) is 7.89. The van der Waals surface area contributed by atoms with Crippen molar-refractivity contribution in [2.24, 2.45) is 0 Å². The van der Waals surface area contributed by atoms with Crippen LogP contribution in [-0.2, 0) is 0 Å². The van der Waals surface area contributed by atoms with Crippen LogP contribution < -0.4 is 0 Å². The Bertz CT molecular complexity index is 275. The zero-order valence-electron chi connectivity index (χ0n) is 15.9. The van der Waals surface area contributed by atoms with E-state index < -0.39 is 19.8 Å². The zero-order chi connectivity index (χ0) is 17.0. The van der Waals surface area contributed by atoms with E-state index in [1.165, 1.54) is 38.5 Å². The average molecular weight is 422 g/mol. The van der Waals surface area contributed by atoms with Crippen LogP contribution in [0, 0.1) is 0 Å². The molecule has 2 rings (SSSR count). The Morgan fingerprint density at radius 1 is 0.565 bits per heavy atom. The molecular formula is C22H39Sn. The molecule has 0 atom stereocenters. The fraction of sp³-hybridized carbons (Fsp3) is 0.636. The van der Waals surface area contributed by atoms with Crippen molar-refractivity contribution >= 4 is 19.8 Å². The van der Waals surface area contributed by atoms with E-state index in [1.54, 1.807) is 13.3 Å². The van der Waals surface area contributed by atoms with Gasteiger partial charge in [0.25, 0.3) is 0 Å². The maximum atomic E-state index is 2.33. The van der Waals surface area contributed by atoms with Crippen molar-refractivity contribution < 1.29 is 0 Å². The summed E-state index contributed by atoms with van der Waals surface area (Å²) in [5.74, 6) is 0. The van der Waals surface area contributed by atoms with Crippen LogP contribution in [-0.4, -0.2) is 19.8 Å².